The van der Waals surface area contributed by atoms with Crippen LogP contribution in [-0.2, 0) is 11.4 Å². The van der Waals surface area contributed by atoms with Crippen molar-refractivity contribution in [2.24, 2.45) is 4.99 Å². The molecule has 0 aromatic heterocycles. The van der Waals surface area contributed by atoms with E-state index < -0.39 is 0 Å². The zero-order valence-electron chi connectivity index (χ0n) is 18.7. The first-order valence-electron chi connectivity index (χ1n) is 10.6. The standard InChI is InChI=1S/C26H23ClN2O4S/c1-3-32-23-14-17(8-13-22(23)33-16-18-6-4-5-7-21(18)27)15-24-25(30)29-26(34-24)28-19-9-11-20(31-2)12-10-19/h4-15H,3,16H2,1-2H3,(H,28,29,30). The summed E-state index contributed by atoms with van der Waals surface area (Å²) >= 11 is 7.51. The molecule has 1 fully saturated rings. The number of amides is 1. The molecule has 3 aromatic carbocycles. The number of carbonyl (C=O) groups is 1. The normalized spacial score (nSPS) is 15.4. The Bertz CT molecular complexity index is 1240. The predicted molar refractivity (Wildman–Crippen MR) is 137 cm³/mol. The molecule has 1 aliphatic rings. The van der Waals surface area contributed by atoms with Gasteiger partial charge in [-0.05, 0) is 72.8 Å². The second-order valence-electron chi connectivity index (χ2n) is 7.20. The van der Waals surface area contributed by atoms with Crippen molar-refractivity contribution in [3.63, 3.8) is 0 Å². The molecular weight excluding hydrogens is 472 g/mol. The van der Waals surface area contributed by atoms with Crippen molar-refractivity contribution in [3.8, 4) is 17.2 Å². The number of rotatable bonds is 8. The van der Waals surface area contributed by atoms with Gasteiger partial charge in [-0.3, -0.25) is 4.79 Å². The number of amidine groups is 1. The first-order valence-corrected chi connectivity index (χ1v) is 11.8. The van der Waals surface area contributed by atoms with E-state index in [4.69, 9.17) is 25.8 Å². The van der Waals surface area contributed by atoms with E-state index in [1.54, 1.807) is 13.2 Å². The Morgan fingerprint density at radius 1 is 1.03 bits per heavy atom. The summed E-state index contributed by atoms with van der Waals surface area (Å²) in [6.07, 6.45) is 1.80. The molecule has 1 N–H and O–H groups in total. The molecule has 0 atom stereocenters. The fraction of sp³-hybridized carbons (Fsp3) is 0.154. The van der Waals surface area contributed by atoms with Crippen LogP contribution in [0.25, 0.3) is 6.08 Å². The highest BCUT2D eigenvalue weighted by molar-refractivity contribution is 8.18. The highest BCUT2D eigenvalue weighted by Crippen LogP contribution is 2.33. The van der Waals surface area contributed by atoms with Crippen LogP contribution in [0, 0.1) is 0 Å². The van der Waals surface area contributed by atoms with Gasteiger partial charge in [-0.2, -0.15) is 0 Å². The Kier molecular flexibility index (Phi) is 7.77. The Morgan fingerprint density at radius 3 is 2.56 bits per heavy atom. The third-order valence-corrected chi connectivity index (χ3v) is 6.14. The quantitative estimate of drug-likeness (QED) is 0.376. The zero-order chi connectivity index (χ0) is 23.9. The fourth-order valence-electron chi connectivity index (χ4n) is 3.18. The molecule has 1 heterocycles. The smallest absolute Gasteiger partial charge is 0.264 e. The number of methoxy groups -OCH3 is 1. The molecule has 0 saturated carbocycles. The fourth-order valence-corrected chi connectivity index (χ4v) is 4.21. The number of nitrogens with zero attached hydrogens (tertiary/aromatic N) is 1. The van der Waals surface area contributed by atoms with Gasteiger partial charge >= 0.3 is 0 Å². The molecule has 1 aliphatic heterocycles. The summed E-state index contributed by atoms with van der Waals surface area (Å²) in [5.41, 5.74) is 2.43. The van der Waals surface area contributed by atoms with Gasteiger partial charge in [-0.15, -0.1) is 0 Å². The summed E-state index contributed by atoms with van der Waals surface area (Å²) in [7, 11) is 1.61. The Balaban J connectivity index is 1.50. The van der Waals surface area contributed by atoms with Crippen molar-refractivity contribution in [3.05, 3.63) is 87.8 Å². The Morgan fingerprint density at radius 2 is 1.82 bits per heavy atom. The molecule has 34 heavy (non-hydrogen) atoms. The largest absolute Gasteiger partial charge is 0.497 e. The third kappa shape index (κ3) is 5.92. The summed E-state index contributed by atoms with van der Waals surface area (Å²) < 4.78 is 16.9. The first-order chi connectivity index (χ1) is 16.6. The van der Waals surface area contributed by atoms with Gasteiger partial charge in [0, 0.05) is 10.6 Å². The van der Waals surface area contributed by atoms with Gasteiger partial charge in [0.05, 0.1) is 24.3 Å². The summed E-state index contributed by atoms with van der Waals surface area (Å²) in [5.74, 6) is 1.75. The minimum Gasteiger partial charge on any atom is -0.497 e. The minimum absolute atomic E-state index is 0.200. The summed E-state index contributed by atoms with van der Waals surface area (Å²) in [6.45, 7) is 2.71. The van der Waals surface area contributed by atoms with Crippen LogP contribution < -0.4 is 19.5 Å². The number of thioether (sulfide) groups is 1. The lowest BCUT2D eigenvalue weighted by Crippen LogP contribution is -2.19. The van der Waals surface area contributed by atoms with Crippen LogP contribution in [-0.4, -0.2) is 24.8 Å². The van der Waals surface area contributed by atoms with E-state index >= 15 is 0 Å². The van der Waals surface area contributed by atoms with Crippen LogP contribution in [0.4, 0.5) is 5.69 Å². The van der Waals surface area contributed by atoms with E-state index in [0.717, 1.165) is 22.6 Å². The van der Waals surface area contributed by atoms with Crippen LogP contribution in [0.3, 0.4) is 0 Å². The van der Waals surface area contributed by atoms with Gasteiger partial charge in [0.25, 0.3) is 5.91 Å². The number of hydrogen-bond donors (Lipinski definition) is 1. The number of nitrogens with one attached hydrogen (secondary N) is 1. The second-order valence-corrected chi connectivity index (χ2v) is 8.64. The van der Waals surface area contributed by atoms with Crippen molar-refractivity contribution >= 4 is 46.2 Å². The molecule has 0 spiro atoms. The molecule has 3 aromatic rings. The Hall–Kier alpha value is -3.42. The predicted octanol–water partition coefficient (Wildman–Crippen LogP) is 6.22. The second kappa shape index (κ2) is 11.1. The molecule has 0 bridgehead atoms. The van der Waals surface area contributed by atoms with Crippen molar-refractivity contribution in [2.75, 3.05) is 13.7 Å². The molecule has 8 heteroatoms. The van der Waals surface area contributed by atoms with E-state index in [9.17, 15) is 4.79 Å². The molecule has 1 amide bonds. The van der Waals surface area contributed by atoms with Gasteiger partial charge in [0.2, 0.25) is 0 Å². The van der Waals surface area contributed by atoms with E-state index in [-0.39, 0.29) is 5.91 Å². The van der Waals surface area contributed by atoms with Crippen LogP contribution in [0.15, 0.2) is 76.6 Å². The highest BCUT2D eigenvalue weighted by Gasteiger charge is 2.24. The van der Waals surface area contributed by atoms with Crippen molar-refractivity contribution < 1.29 is 19.0 Å². The zero-order valence-corrected chi connectivity index (χ0v) is 20.3. The molecule has 0 aliphatic carbocycles. The first kappa shape index (κ1) is 23.7. The maximum Gasteiger partial charge on any atom is 0.264 e. The van der Waals surface area contributed by atoms with Gasteiger partial charge in [-0.1, -0.05) is 35.9 Å². The van der Waals surface area contributed by atoms with E-state index in [1.807, 2.05) is 73.7 Å². The molecule has 0 radical (unpaired) electrons. The topological polar surface area (TPSA) is 69.2 Å². The number of aliphatic imine (C=N–C) groups is 1. The minimum atomic E-state index is -0.200. The monoisotopic (exact) mass is 494 g/mol. The lowest BCUT2D eigenvalue weighted by Gasteiger charge is -2.13. The summed E-state index contributed by atoms with van der Waals surface area (Å²) in [6, 6.07) is 20.4. The molecule has 4 rings (SSSR count). The molecule has 1 saturated heterocycles. The average molecular weight is 495 g/mol. The molecular formula is C26H23ClN2O4S. The van der Waals surface area contributed by atoms with Crippen LogP contribution >= 0.6 is 23.4 Å². The lowest BCUT2D eigenvalue weighted by molar-refractivity contribution is -0.115. The molecule has 0 unspecified atom stereocenters. The lowest BCUT2D eigenvalue weighted by atomic mass is 10.2. The van der Waals surface area contributed by atoms with E-state index in [1.165, 1.54) is 11.8 Å². The van der Waals surface area contributed by atoms with Crippen LogP contribution in [0.2, 0.25) is 5.02 Å². The van der Waals surface area contributed by atoms with E-state index in [2.05, 4.69) is 10.3 Å². The maximum atomic E-state index is 12.5. The van der Waals surface area contributed by atoms with Crippen LogP contribution in [0.5, 0.6) is 17.2 Å². The number of halogens is 1. The number of hydrogen-bond acceptors (Lipinski definition) is 6. The van der Waals surface area contributed by atoms with Crippen molar-refractivity contribution in [2.45, 2.75) is 13.5 Å². The summed E-state index contributed by atoms with van der Waals surface area (Å²) in [4.78, 5) is 17.5. The Labute approximate surface area is 207 Å². The SMILES string of the molecule is CCOc1cc(C=C2SC(=Nc3ccc(OC)cc3)NC2=O)ccc1OCc1ccccc1Cl. The van der Waals surface area contributed by atoms with Gasteiger partial charge in [0.15, 0.2) is 16.7 Å². The summed E-state index contributed by atoms with van der Waals surface area (Å²) in [5, 5.41) is 3.97. The number of ether oxygens (including phenoxy) is 3. The highest BCUT2D eigenvalue weighted by atomic mass is 35.5. The maximum absolute atomic E-state index is 12.5. The average Bonchev–Trinajstić information content (AvgIpc) is 3.18. The third-order valence-electron chi connectivity index (χ3n) is 4.86. The van der Waals surface area contributed by atoms with Crippen molar-refractivity contribution in [1.82, 2.24) is 5.32 Å². The van der Waals surface area contributed by atoms with Gasteiger partial charge in [-0.25, -0.2) is 4.99 Å². The molecule has 6 nitrogen and oxygen atoms in total. The van der Waals surface area contributed by atoms with Gasteiger partial charge in [0.1, 0.15) is 12.4 Å². The number of benzene rings is 3. The molecule has 174 valence electrons. The van der Waals surface area contributed by atoms with E-state index in [0.29, 0.717) is 39.8 Å². The van der Waals surface area contributed by atoms with Gasteiger partial charge < -0.3 is 19.5 Å². The number of carbonyl (C=O) groups excluding carboxylic acids is 1. The van der Waals surface area contributed by atoms with Crippen LogP contribution in [0.1, 0.15) is 18.1 Å². The van der Waals surface area contributed by atoms with Crippen molar-refractivity contribution in [1.29, 1.82) is 0 Å².